The molecule has 1 heterocycles. The minimum absolute atomic E-state index is 0.262. The summed E-state index contributed by atoms with van der Waals surface area (Å²) in [7, 11) is 1.96. The van der Waals surface area contributed by atoms with E-state index < -0.39 is 0 Å². The Morgan fingerprint density at radius 3 is 2.84 bits per heavy atom. The van der Waals surface area contributed by atoms with Crippen molar-refractivity contribution >= 4 is 0 Å². The fourth-order valence-electron chi connectivity index (χ4n) is 3.14. The highest BCUT2D eigenvalue weighted by Gasteiger charge is 2.38. The van der Waals surface area contributed by atoms with Crippen LogP contribution in [0.5, 0.6) is 0 Å². The summed E-state index contributed by atoms with van der Waals surface area (Å²) in [5.41, 5.74) is 4.29. The first kappa shape index (κ1) is 12.4. The number of nitrogens with zero attached hydrogens (tertiary/aromatic N) is 2. The van der Waals surface area contributed by atoms with Crippen LogP contribution in [-0.2, 0) is 20.0 Å². The zero-order chi connectivity index (χ0) is 13.5. The lowest BCUT2D eigenvalue weighted by atomic mass is 9.85. The van der Waals surface area contributed by atoms with Crippen molar-refractivity contribution in [3.8, 4) is 0 Å². The monoisotopic (exact) mass is 255 g/mol. The van der Waals surface area contributed by atoms with Crippen molar-refractivity contribution in [2.75, 3.05) is 0 Å². The van der Waals surface area contributed by atoms with E-state index in [2.05, 4.69) is 54.6 Å². The van der Waals surface area contributed by atoms with Gasteiger partial charge in [-0.25, -0.2) is 0 Å². The van der Waals surface area contributed by atoms with E-state index in [0.29, 0.717) is 6.04 Å². The Balaban J connectivity index is 1.79. The van der Waals surface area contributed by atoms with E-state index in [0.717, 1.165) is 18.7 Å². The summed E-state index contributed by atoms with van der Waals surface area (Å²) in [6, 6.07) is 11.2. The third kappa shape index (κ3) is 2.30. The molecule has 1 N–H and O–H groups in total. The number of fused-ring (bicyclic) bond motifs is 1. The molecule has 0 fully saturated rings. The van der Waals surface area contributed by atoms with E-state index in [1.54, 1.807) is 0 Å². The molecule has 1 aromatic carbocycles. The molecule has 0 spiro atoms. The number of aryl methyl sites for hydroxylation is 1. The van der Waals surface area contributed by atoms with E-state index in [9.17, 15) is 0 Å². The normalized spacial score (nSPS) is 20.5. The lowest BCUT2D eigenvalue weighted by Crippen LogP contribution is -2.30. The molecule has 19 heavy (non-hydrogen) atoms. The molecule has 3 rings (SSSR count). The second kappa shape index (κ2) is 4.49. The Kier molecular flexibility index (Phi) is 2.94. The summed E-state index contributed by atoms with van der Waals surface area (Å²) < 4.78 is 1.85. The Hall–Kier alpha value is -1.61. The van der Waals surface area contributed by atoms with Gasteiger partial charge in [-0.15, -0.1) is 0 Å². The van der Waals surface area contributed by atoms with Crippen LogP contribution in [0.3, 0.4) is 0 Å². The molecule has 1 aromatic heterocycles. The number of benzene rings is 1. The van der Waals surface area contributed by atoms with Crippen LogP contribution in [0.1, 0.15) is 36.7 Å². The first-order chi connectivity index (χ1) is 9.06. The van der Waals surface area contributed by atoms with Gasteiger partial charge < -0.3 is 5.32 Å². The van der Waals surface area contributed by atoms with Gasteiger partial charge in [0, 0.05) is 25.8 Å². The van der Waals surface area contributed by atoms with Crippen LogP contribution in [0.25, 0.3) is 0 Å². The molecule has 0 aliphatic heterocycles. The van der Waals surface area contributed by atoms with Gasteiger partial charge >= 0.3 is 0 Å². The molecule has 0 saturated heterocycles. The molecule has 3 heteroatoms. The minimum Gasteiger partial charge on any atom is -0.304 e. The van der Waals surface area contributed by atoms with Crippen LogP contribution in [0.2, 0.25) is 0 Å². The highest BCUT2D eigenvalue weighted by molar-refractivity contribution is 5.37. The lowest BCUT2D eigenvalue weighted by Gasteiger charge is -2.28. The largest absolute Gasteiger partial charge is 0.304 e. The molecule has 2 aromatic rings. The molecule has 1 atom stereocenters. The predicted octanol–water partition coefficient (Wildman–Crippen LogP) is 2.83. The average Bonchev–Trinajstić information content (AvgIpc) is 2.87. The third-order valence-corrected chi connectivity index (χ3v) is 4.05. The highest BCUT2D eigenvalue weighted by Crippen LogP contribution is 2.44. The van der Waals surface area contributed by atoms with Gasteiger partial charge in [0.05, 0.1) is 5.69 Å². The van der Waals surface area contributed by atoms with Crippen molar-refractivity contribution in [2.45, 2.75) is 32.9 Å². The van der Waals surface area contributed by atoms with Gasteiger partial charge in [-0.1, -0.05) is 38.1 Å². The summed E-state index contributed by atoms with van der Waals surface area (Å²) in [5.74, 6) is 0. The van der Waals surface area contributed by atoms with Gasteiger partial charge in [0.15, 0.2) is 0 Å². The minimum atomic E-state index is 0.262. The SMILES string of the molecule is Cn1ccc(CNC2c3ccccc3CC2(C)C)n1. The number of hydrogen-bond donors (Lipinski definition) is 1. The number of hydrogen-bond acceptors (Lipinski definition) is 2. The Morgan fingerprint density at radius 2 is 2.11 bits per heavy atom. The van der Waals surface area contributed by atoms with Gasteiger partial charge in [0.25, 0.3) is 0 Å². The Labute approximate surface area is 114 Å². The molecule has 0 bridgehead atoms. The first-order valence-electron chi connectivity index (χ1n) is 6.86. The smallest absolute Gasteiger partial charge is 0.0762 e. The quantitative estimate of drug-likeness (QED) is 0.914. The van der Waals surface area contributed by atoms with Gasteiger partial charge in [0.2, 0.25) is 0 Å². The summed E-state index contributed by atoms with van der Waals surface area (Å²) in [5, 5.41) is 8.11. The second-order valence-corrected chi connectivity index (χ2v) is 6.16. The van der Waals surface area contributed by atoms with E-state index in [1.807, 2.05) is 17.9 Å². The van der Waals surface area contributed by atoms with Crippen LogP contribution < -0.4 is 5.32 Å². The molecule has 1 aliphatic carbocycles. The summed E-state index contributed by atoms with van der Waals surface area (Å²) in [4.78, 5) is 0. The van der Waals surface area contributed by atoms with Crippen molar-refractivity contribution in [3.05, 3.63) is 53.3 Å². The standard InChI is InChI=1S/C16H21N3/c1-16(2)10-12-6-4-5-7-14(12)15(16)17-11-13-8-9-19(3)18-13/h4-9,15,17H,10-11H2,1-3H3. The molecule has 100 valence electrons. The Bertz CT molecular complexity index is 583. The maximum Gasteiger partial charge on any atom is 0.0762 e. The van der Waals surface area contributed by atoms with Gasteiger partial charge in [0.1, 0.15) is 0 Å². The van der Waals surface area contributed by atoms with Crippen LogP contribution in [0.4, 0.5) is 0 Å². The van der Waals surface area contributed by atoms with Crippen molar-refractivity contribution in [2.24, 2.45) is 12.5 Å². The molecule has 1 aliphatic rings. The van der Waals surface area contributed by atoms with E-state index in [4.69, 9.17) is 0 Å². The van der Waals surface area contributed by atoms with Crippen molar-refractivity contribution < 1.29 is 0 Å². The van der Waals surface area contributed by atoms with Gasteiger partial charge in [-0.05, 0) is 29.0 Å². The van der Waals surface area contributed by atoms with E-state index in [1.165, 1.54) is 11.1 Å². The summed E-state index contributed by atoms with van der Waals surface area (Å²) >= 11 is 0. The molecular weight excluding hydrogens is 234 g/mol. The molecule has 0 radical (unpaired) electrons. The number of nitrogens with one attached hydrogen (secondary N) is 1. The molecule has 3 nitrogen and oxygen atoms in total. The zero-order valence-electron chi connectivity index (χ0n) is 11.9. The maximum absolute atomic E-state index is 4.43. The van der Waals surface area contributed by atoms with Crippen molar-refractivity contribution in [3.63, 3.8) is 0 Å². The summed E-state index contributed by atoms with van der Waals surface area (Å²) in [6.07, 6.45) is 3.13. The molecule has 0 amide bonds. The molecule has 0 saturated carbocycles. The zero-order valence-corrected chi connectivity index (χ0v) is 11.9. The maximum atomic E-state index is 4.43. The van der Waals surface area contributed by atoms with Crippen LogP contribution in [-0.4, -0.2) is 9.78 Å². The fraction of sp³-hybridized carbons (Fsp3) is 0.438. The van der Waals surface area contributed by atoms with Crippen LogP contribution in [0.15, 0.2) is 36.5 Å². The highest BCUT2D eigenvalue weighted by atomic mass is 15.3. The van der Waals surface area contributed by atoms with Crippen LogP contribution in [0, 0.1) is 5.41 Å². The van der Waals surface area contributed by atoms with Crippen molar-refractivity contribution in [1.29, 1.82) is 0 Å². The van der Waals surface area contributed by atoms with E-state index in [-0.39, 0.29) is 5.41 Å². The lowest BCUT2D eigenvalue weighted by molar-refractivity contribution is 0.267. The average molecular weight is 255 g/mol. The Morgan fingerprint density at radius 1 is 1.32 bits per heavy atom. The van der Waals surface area contributed by atoms with Gasteiger partial charge in [-0.3, -0.25) is 4.68 Å². The van der Waals surface area contributed by atoms with Gasteiger partial charge in [-0.2, -0.15) is 5.10 Å². The van der Waals surface area contributed by atoms with Crippen LogP contribution >= 0.6 is 0 Å². The summed E-state index contributed by atoms with van der Waals surface area (Å²) in [6.45, 7) is 5.50. The predicted molar refractivity (Wildman–Crippen MR) is 76.7 cm³/mol. The van der Waals surface area contributed by atoms with Crippen molar-refractivity contribution in [1.82, 2.24) is 15.1 Å². The number of aromatic nitrogens is 2. The second-order valence-electron chi connectivity index (χ2n) is 6.16. The number of rotatable bonds is 3. The third-order valence-electron chi connectivity index (χ3n) is 4.05. The molecular formula is C16H21N3. The fourth-order valence-corrected chi connectivity index (χ4v) is 3.14. The topological polar surface area (TPSA) is 29.9 Å². The molecule has 1 unspecified atom stereocenters. The first-order valence-corrected chi connectivity index (χ1v) is 6.86. The van der Waals surface area contributed by atoms with E-state index >= 15 is 0 Å².